The number of fused-ring (bicyclic) bond motifs is 2. The molecule has 0 N–H and O–H groups in total. The van der Waals surface area contributed by atoms with Crippen molar-refractivity contribution in [2.24, 2.45) is 0 Å². The van der Waals surface area contributed by atoms with Crippen molar-refractivity contribution in [1.29, 1.82) is 0 Å². The van der Waals surface area contributed by atoms with E-state index >= 15 is 0 Å². The highest BCUT2D eigenvalue weighted by Gasteiger charge is 2.27. The van der Waals surface area contributed by atoms with Crippen molar-refractivity contribution in [3.05, 3.63) is 40.7 Å². The summed E-state index contributed by atoms with van der Waals surface area (Å²) >= 11 is 0. The molecule has 0 saturated carbocycles. The van der Waals surface area contributed by atoms with Crippen LogP contribution >= 0.6 is 12.4 Å². The van der Waals surface area contributed by atoms with Crippen LogP contribution in [-0.4, -0.2) is 34.8 Å². The minimum atomic E-state index is 0. The number of aryl methyl sites for hydroxylation is 3. The zero-order chi connectivity index (χ0) is 21.3. The van der Waals surface area contributed by atoms with Gasteiger partial charge in [-0.05, 0) is 69.2 Å². The molecule has 4 rings (SSSR count). The van der Waals surface area contributed by atoms with E-state index in [0.29, 0.717) is 0 Å². The second-order valence-corrected chi connectivity index (χ2v) is 8.43. The number of unbranched alkanes of at least 4 members (excludes halogenated alkanes) is 1. The lowest BCUT2D eigenvalue weighted by Crippen LogP contribution is -2.29. The van der Waals surface area contributed by atoms with Crippen LogP contribution in [0.3, 0.4) is 0 Å². The van der Waals surface area contributed by atoms with Gasteiger partial charge in [0.15, 0.2) is 5.65 Å². The summed E-state index contributed by atoms with van der Waals surface area (Å²) in [5.74, 6) is 2.16. The topological polar surface area (TPSA) is 42.7 Å². The lowest BCUT2D eigenvalue weighted by Gasteiger charge is -2.27. The maximum atomic E-state index is 5.42. The van der Waals surface area contributed by atoms with Crippen molar-refractivity contribution in [1.82, 2.24) is 14.6 Å². The molecule has 0 radical (unpaired) electrons. The Morgan fingerprint density at radius 2 is 1.90 bits per heavy atom. The summed E-state index contributed by atoms with van der Waals surface area (Å²) in [4.78, 5) is 7.72. The van der Waals surface area contributed by atoms with E-state index in [1.165, 1.54) is 47.5 Å². The summed E-state index contributed by atoms with van der Waals surface area (Å²) in [7, 11) is 1.71. The number of ether oxygens (including phenoxy) is 1. The average Bonchev–Trinajstić information content (AvgIpc) is 3.33. The molecular weight excluding hydrogens is 408 g/mol. The summed E-state index contributed by atoms with van der Waals surface area (Å²) < 4.78 is 7.56. The Hall–Kier alpha value is -2.27. The van der Waals surface area contributed by atoms with E-state index in [1.807, 2.05) is 6.07 Å². The third kappa shape index (κ3) is 4.25. The monoisotopic (exact) mass is 442 g/mol. The third-order valence-electron chi connectivity index (χ3n) is 6.21. The lowest BCUT2D eigenvalue weighted by molar-refractivity contribution is 0.414. The predicted molar refractivity (Wildman–Crippen MR) is 131 cm³/mol. The molecule has 6 heteroatoms. The molecule has 2 aromatic heterocycles. The molecule has 31 heavy (non-hydrogen) atoms. The summed E-state index contributed by atoms with van der Waals surface area (Å²) in [5, 5.41) is 5.04. The Kier molecular flexibility index (Phi) is 7.47. The molecule has 0 amide bonds. The maximum absolute atomic E-state index is 5.42. The minimum Gasteiger partial charge on any atom is -0.497 e. The molecule has 0 atom stereocenters. The minimum absolute atomic E-state index is 0. The molecule has 0 spiro atoms. The fourth-order valence-electron chi connectivity index (χ4n) is 4.74. The van der Waals surface area contributed by atoms with Crippen LogP contribution < -0.4 is 9.64 Å². The van der Waals surface area contributed by atoms with E-state index in [-0.39, 0.29) is 12.4 Å². The number of benzene rings is 1. The van der Waals surface area contributed by atoms with Crippen LogP contribution in [0.15, 0.2) is 18.2 Å². The summed E-state index contributed by atoms with van der Waals surface area (Å²) in [6.07, 6.45) is 6.89. The summed E-state index contributed by atoms with van der Waals surface area (Å²) in [6.45, 7) is 10.9. The molecule has 0 fully saturated rings. The first-order valence-electron chi connectivity index (χ1n) is 11.4. The molecule has 1 aliphatic carbocycles. The molecule has 0 aliphatic heterocycles. The van der Waals surface area contributed by atoms with Crippen molar-refractivity contribution < 1.29 is 4.74 Å². The van der Waals surface area contributed by atoms with Gasteiger partial charge in [0, 0.05) is 29.9 Å². The van der Waals surface area contributed by atoms with Crippen molar-refractivity contribution in [2.45, 2.75) is 66.2 Å². The van der Waals surface area contributed by atoms with Gasteiger partial charge >= 0.3 is 0 Å². The molecule has 3 aromatic rings. The first kappa shape index (κ1) is 23.4. The van der Waals surface area contributed by atoms with Crippen LogP contribution in [0.25, 0.3) is 16.8 Å². The van der Waals surface area contributed by atoms with E-state index in [4.69, 9.17) is 14.8 Å². The Morgan fingerprint density at radius 1 is 1.10 bits per heavy atom. The smallest absolute Gasteiger partial charge is 0.165 e. The zero-order valence-electron chi connectivity index (χ0n) is 19.5. The van der Waals surface area contributed by atoms with Gasteiger partial charge in [-0.15, -0.1) is 12.4 Å². The van der Waals surface area contributed by atoms with Gasteiger partial charge in [-0.25, -0.2) is 4.98 Å². The molecular formula is C25H35ClN4O. The number of rotatable bonds is 8. The first-order chi connectivity index (χ1) is 14.6. The normalized spacial score (nSPS) is 12.7. The SMILES string of the molecule is CCCCN(CCC)c1c2c(nc3c(-c4ccc(OC)cc4C)c(C)nn13)CCC2.Cl. The number of halogens is 1. The Labute approximate surface area is 192 Å². The molecule has 2 heterocycles. The molecule has 0 saturated heterocycles. The first-order valence-corrected chi connectivity index (χ1v) is 11.4. The highest BCUT2D eigenvalue weighted by Crippen LogP contribution is 2.37. The molecule has 0 unspecified atom stereocenters. The lowest BCUT2D eigenvalue weighted by atomic mass is 10.0. The van der Waals surface area contributed by atoms with Gasteiger partial charge < -0.3 is 9.64 Å². The van der Waals surface area contributed by atoms with Gasteiger partial charge in [-0.1, -0.05) is 26.3 Å². The Bertz CT molecular complexity index is 1060. The number of anilines is 1. The second kappa shape index (κ2) is 9.90. The largest absolute Gasteiger partial charge is 0.497 e. The zero-order valence-corrected chi connectivity index (χ0v) is 20.3. The number of aromatic nitrogens is 3. The van der Waals surface area contributed by atoms with Gasteiger partial charge in [-0.3, -0.25) is 0 Å². The van der Waals surface area contributed by atoms with Gasteiger partial charge in [-0.2, -0.15) is 9.61 Å². The molecule has 168 valence electrons. The van der Waals surface area contributed by atoms with Crippen LogP contribution in [0.1, 0.15) is 62.0 Å². The van der Waals surface area contributed by atoms with Crippen molar-refractivity contribution in [3.8, 4) is 16.9 Å². The van der Waals surface area contributed by atoms with Crippen LogP contribution in [0.2, 0.25) is 0 Å². The maximum Gasteiger partial charge on any atom is 0.165 e. The van der Waals surface area contributed by atoms with E-state index < -0.39 is 0 Å². The molecule has 5 nitrogen and oxygen atoms in total. The number of methoxy groups -OCH3 is 1. The van der Waals surface area contributed by atoms with Crippen LogP contribution in [-0.2, 0) is 12.8 Å². The number of hydrogen-bond acceptors (Lipinski definition) is 4. The molecule has 1 aliphatic rings. The quantitative estimate of drug-likeness (QED) is 0.432. The van der Waals surface area contributed by atoms with Crippen molar-refractivity contribution >= 4 is 23.9 Å². The molecule has 0 bridgehead atoms. The van der Waals surface area contributed by atoms with Gasteiger partial charge in [0.25, 0.3) is 0 Å². The Balaban J connectivity index is 0.00000272. The van der Waals surface area contributed by atoms with Gasteiger partial charge in [0.05, 0.1) is 12.8 Å². The van der Waals surface area contributed by atoms with E-state index in [9.17, 15) is 0 Å². The number of hydrogen-bond donors (Lipinski definition) is 0. The van der Waals surface area contributed by atoms with Crippen molar-refractivity contribution in [2.75, 3.05) is 25.1 Å². The summed E-state index contributed by atoms with van der Waals surface area (Å²) in [6, 6.07) is 6.27. The van der Waals surface area contributed by atoms with Crippen LogP contribution in [0.4, 0.5) is 5.82 Å². The van der Waals surface area contributed by atoms with Gasteiger partial charge in [0.2, 0.25) is 0 Å². The number of nitrogens with zero attached hydrogens (tertiary/aromatic N) is 4. The fourth-order valence-corrected chi connectivity index (χ4v) is 4.74. The van der Waals surface area contributed by atoms with E-state index in [0.717, 1.165) is 55.0 Å². The predicted octanol–water partition coefficient (Wildman–Crippen LogP) is 5.95. The Morgan fingerprint density at radius 3 is 2.58 bits per heavy atom. The van der Waals surface area contributed by atoms with Crippen LogP contribution in [0, 0.1) is 13.8 Å². The molecule has 1 aromatic carbocycles. The van der Waals surface area contributed by atoms with E-state index in [2.05, 4.69) is 49.2 Å². The van der Waals surface area contributed by atoms with Crippen molar-refractivity contribution in [3.63, 3.8) is 0 Å². The fraction of sp³-hybridized carbons (Fsp3) is 0.520. The highest BCUT2D eigenvalue weighted by atomic mass is 35.5. The second-order valence-electron chi connectivity index (χ2n) is 8.43. The standard InChI is InChI=1S/C25H34N4O.ClH/c1-6-8-15-28(14-7-2)25-21-10-9-11-22(21)26-24-23(18(4)27-29(24)25)20-13-12-19(30-5)16-17(20)3;/h12-13,16H,6-11,14-15H2,1-5H3;1H. The van der Waals surface area contributed by atoms with Crippen LogP contribution in [0.5, 0.6) is 5.75 Å². The highest BCUT2D eigenvalue weighted by molar-refractivity contribution is 5.85. The average molecular weight is 443 g/mol. The summed E-state index contributed by atoms with van der Waals surface area (Å²) in [5.41, 5.74) is 8.23. The van der Waals surface area contributed by atoms with E-state index in [1.54, 1.807) is 7.11 Å². The third-order valence-corrected chi connectivity index (χ3v) is 6.21. The van der Waals surface area contributed by atoms with Gasteiger partial charge in [0.1, 0.15) is 11.6 Å².